The molecule has 44 heavy (non-hydrogen) atoms. The Morgan fingerprint density at radius 2 is 1.43 bits per heavy atom. The zero-order valence-electron chi connectivity index (χ0n) is 23.8. The molecular formula is C39H23N3O2. The first-order chi connectivity index (χ1) is 21.6. The van der Waals surface area contributed by atoms with Crippen LogP contribution in [0.5, 0.6) is 0 Å². The van der Waals surface area contributed by atoms with Crippen molar-refractivity contribution in [1.29, 1.82) is 10.5 Å². The number of aromatic nitrogens is 1. The van der Waals surface area contributed by atoms with Crippen molar-refractivity contribution in [3.05, 3.63) is 126 Å². The van der Waals surface area contributed by atoms with E-state index >= 15 is 0 Å². The van der Waals surface area contributed by atoms with Gasteiger partial charge in [-0.25, -0.2) is 0 Å². The first kappa shape index (κ1) is 25.4. The molecule has 0 aliphatic rings. The highest BCUT2D eigenvalue weighted by molar-refractivity contribution is 6.21. The molecule has 0 aliphatic heterocycles. The lowest BCUT2D eigenvalue weighted by molar-refractivity contribution is 0.603. The average molecular weight is 566 g/mol. The molecule has 0 radical (unpaired) electrons. The van der Waals surface area contributed by atoms with E-state index in [9.17, 15) is 10.5 Å². The van der Waals surface area contributed by atoms with E-state index in [1.54, 1.807) is 13.0 Å². The Bertz CT molecular complexity index is 2560. The molecule has 0 atom stereocenters. The fraction of sp³-hybridized carbons (Fsp3) is 0.0256. The molecule has 0 amide bonds. The topological polar surface area (TPSA) is 78.8 Å². The van der Waals surface area contributed by atoms with Gasteiger partial charge >= 0.3 is 0 Å². The van der Waals surface area contributed by atoms with Gasteiger partial charge in [-0.15, -0.1) is 0 Å². The van der Waals surface area contributed by atoms with Gasteiger partial charge in [0.15, 0.2) is 0 Å². The van der Waals surface area contributed by atoms with Gasteiger partial charge < -0.3 is 13.4 Å². The Morgan fingerprint density at radius 1 is 0.750 bits per heavy atom. The molecule has 3 aromatic heterocycles. The van der Waals surface area contributed by atoms with E-state index in [4.69, 9.17) is 8.83 Å². The standard InChI is InChI=1S/C39H23N3O2/c1-3-34-29(18-23(2)21-40)38-36(43-34)16-17-37-39(38)30-20-25(13-15-35(30)44-37)28-19-24(22-41)12-14-33(28)42-31-10-6-4-8-26(31)27-9-5-7-11-32(27)42/h3-20H,1H2,2H3/b23-18+. The second-order valence-corrected chi connectivity index (χ2v) is 10.9. The number of nitriles is 2. The monoisotopic (exact) mass is 565 g/mol. The highest BCUT2D eigenvalue weighted by Crippen LogP contribution is 2.42. The van der Waals surface area contributed by atoms with E-state index in [1.165, 1.54) is 10.8 Å². The molecule has 0 spiro atoms. The third kappa shape index (κ3) is 3.64. The summed E-state index contributed by atoms with van der Waals surface area (Å²) in [4.78, 5) is 0. The Kier molecular flexibility index (Phi) is 5.56. The normalized spacial score (nSPS) is 11.9. The maximum Gasteiger partial charge on any atom is 0.136 e. The molecule has 206 valence electrons. The van der Waals surface area contributed by atoms with Gasteiger partial charge in [-0.3, -0.25) is 0 Å². The number of rotatable bonds is 4. The van der Waals surface area contributed by atoms with Crippen LogP contribution in [0.25, 0.3) is 83.7 Å². The number of fused-ring (bicyclic) bond motifs is 8. The summed E-state index contributed by atoms with van der Waals surface area (Å²) in [6.45, 7) is 5.71. The third-order valence-electron chi connectivity index (χ3n) is 8.33. The van der Waals surface area contributed by atoms with Gasteiger partial charge in [-0.1, -0.05) is 49.0 Å². The zero-order chi connectivity index (χ0) is 29.9. The Hall–Kier alpha value is -6.30. The zero-order valence-corrected chi connectivity index (χ0v) is 23.8. The van der Waals surface area contributed by atoms with Gasteiger partial charge in [0.25, 0.3) is 0 Å². The Morgan fingerprint density at radius 3 is 2.11 bits per heavy atom. The highest BCUT2D eigenvalue weighted by Gasteiger charge is 2.21. The summed E-state index contributed by atoms with van der Waals surface area (Å²) in [6.07, 6.45) is 3.50. The maximum atomic E-state index is 9.90. The van der Waals surface area contributed by atoms with Gasteiger partial charge in [0.2, 0.25) is 0 Å². The lowest BCUT2D eigenvalue weighted by Crippen LogP contribution is -1.98. The molecule has 0 saturated heterocycles. The largest absolute Gasteiger partial charge is 0.456 e. The second-order valence-electron chi connectivity index (χ2n) is 10.9. The van der Waals surface area contributed by atoms with Crippen molar-refractivity contribution in [3.63, 3.8) is 0 Å². The van der Waals surface area contributed by atoms with Crippen LogP contribution < -0.4 is 0 Å². The number of furan rings is 2. The third-order valence-corrected chi connectivity index (χ3v) is 8.33. The first-order valence-corrected chi connectivity index (χ1v) is 14.3. The number of allylic oxidation sites excluding steroid dienone is 1. The van der Waals surface area contributed by atoms with Crippen LogP contribution in [0.3, 0.4) is 0 Å². The molecule has 0 aliphatic carbocycles. The number of benzene rings is 5. The van der Waals surface area contributed by atoms with Gasteiger partial charge in [0, 0.05) is 43.6 Å². The van der Waals surface area contributed by atoms with E-state index in [0.29, 0.717) is 22.5 Å². The van der Waals surface area contributed by atoms with Crippen molar-refractivity contribution in [2.75, 3.05) is 0 Å². The van der Waals surface area contributed by atoms with Crippen LogP contribution >= 0.6 is 0 Å². The molecule has 8 aromatic rings. The van der Waals surface area contributed by atoms with Crippen LogP contribution in [0.1, 0.15) is 23.8 Å². The highest BCUT2D eigenvalue weighted by atomic mass is 16.3. The molecule has 5 nitrogen and oxygen atoms in total. The van der Waals surface area contributed by atoms with Gasteiger partial charge in [0.05, 0.1) is 34.4 Å². The van der Waals surface area contributed by atoms with Crippen LogP contribution in [0.4, 0.5) is 0 Å². The van der Waals surface area contributed by atoms with Crippen molar-refractivity contribution >= 4 is 66.9 Å². The van der Waals surface area contributed by atoms with Crippen molar-refractivity contribution in [3.8, 4) is 29.0 Å². The SMILES string of the molecule is C=Cc1oc2ccc3oc4ccc(-c5cc(C#N)ccc5-n5c6ccccc6c6ccccc65)cc4c3c2c1/C=C(\C)C#N. The summed E-state index contributed by atoms with van der Waals surface area (Å²) < 4.78 is 14.8. The van der Waals surface area contributed by atoms with Crippen molar-refractivity contribution < 1.29 is 8.83 Å². The Balaban J connectivity index is 1.46. The summed E-state index contributed by atoms with van der Waals surface area (Å²) in [6, 6.07) is 37.2. The van der Waals surface area contributed by atoms with Crippen LogP contribution in [-0.2, 0) is 0 Å². The average Bonchev–Trinajstić information content (AvgIpc) is 3.73. The molecule has 5 aromatic carbocycles. The summed E-state index contributed by atoms with van der Waals surface area (Å²) in [7, 11) is 0. The number of para-hydroxylation sites is 2. The number of nitrogens with zero attached hydrogens (tertiary/aromatic N) is 3. The van der Waals surface area contributed by atoms with E-state index in [2.05, 4.69) is 77.9 Å². The molecule has 3 heterocycles. The minimum absolute atomic E-state index is 0.561. The predicted octanol–water partition coefficient (Wildman–Crippen LogP) is 10.5. The number of hydrogen-bond acceptors (Lipinski definition) is 4. The minimum Gasteiger partial charge on any atom is -0.456 e. The molecular weight excluding hydrogens is 542 g/mol. The fourth-order valence-corrected chi connectivity index (χ4v) is 6.42. The minimum atomic E-state index is 0.561. The molecule has 0 N–H and O–H groups in total. The quantitative estimate of drug-likeness (QED) is 0.199. The van der Waals surface area contributed by atoms with Crippen LogP contribution in [0.2, 0.25) is 0 Å². The van der Waals surface area contributed by atoms with Gasteiger partial charge in [-0.05, 0) is 79.2 Å². The summed E-state index contributed by atoms with van der Waals surface area (Å²) in [5.41, 5.74) is 9.12. The van der Waals surface area contributed by atoms with Crippen molar-refractivity contribution in [1.82, 2.24) is 4.57 Å². The van der Waals surface area contributed by atoms with E-state index in [0.717, 1.165) is 60.7 Å². The molecule has 0 unspecified atom stereocenters. The lowest BCUT2D eigenvalue weighted by atomic mass is 9.97. The molecule has 0 fully saturated rings. The van der Waals surface area contributed by atoms with E-state index in [-0.39, 0.29) is 0 Å². The summed E-state index contributed by atoms with van der Waals surface area (Å²) in [5.74, 6) is 0.600. The summed E-state index contributed by atoms with van der Waals surface area (Å²) in [5, 5.41) is 24.5. The number of hydrogen-bond donors (Lipinski definition) is 0. The first-order valence-electron chi connectivity index (χ1n) is 14.3. The fourth-order valence-electron chi connectivity index (χ4n) is 6.42. The molecule has 0 bridgehead atoms. The maximum absolute atomic E-state index is 9.90. The molecule has 8 rings (SSSR count). The molecule has 5 heteroatoms. The lowest BCUT2D eigenvalue weighted by Gasteiger charge is -2.15. The van der Waals surface area contributed by atoms with Gasteiger partial charge in [-0.2, -0.15) is 10.5 Å². The van der Waals surface area contributed by atoms with Crippen LogP contribution in [0, 0.1) is 22.7 Å². The van der Waals surface area contributed by atoms with E-state index in [1.807, 2.05) is 48.5 Å². The van der Waals surface area contributed by atoms with Crippen LogP contribution in [-0.4, -0.2) is 4.57 Å². The van der Waals surface area contributed by atoms with Gasteiger partial charge in [0.1, 0.15) is 22.5 Å². The molecule has 0 saturated carbocycles. The summed E-state index contributed by atoms with van der Waals surface area (Å²) >= 11 is 0. The van der Waals surface area contributed by atoms with Crippen molar-refractivity contribution in [2.24, 2.45) is 0 Å². The Labute approximate surface area is 252 Å². The smallest absolute Gasteiger partial charge is 0.136 e. The van der Waals surface area contributed by atoms with Crippen molar-refractivity contribution in [2.45, 2.75) is 6.92 Å². The second kappa shape index (κ2) is 9.63. The van der Waals surface area contributed by atoms with E-state index < -0.39 is 0 Å². The van der Waals surface area contributed by atoms with Crippen LogP contribution in [0.15, 0.2) is 118 Å². The predicted molar refractivity (Wildman–Crippen MR) is 177 cm³/mol.